The van der Waals surface area contributed by atoms with Gasteiger partial charge in [-0.05, 0) is 24.3 Å². The molecule has 2 rings (SSSR count). The molecule has 0 aliphatic heterocycles. The number of halogens is 3. The van der Waals surface area contributed by atoms with E-state index in [1.807, 2.05) is 0 Å². The molecule has 1 nitrogen and oxygen atoms in total. The average molecular weight is 235 g/mol. The minimum atomic E-state index is -0.731. The van der Waals surface area contributed by atoms with E-state index in [9.17, 15) is 13.2 Å². The summed E-state index contributed by atoms with van der Waals surface area (Å²) >= 11 is 0. The second kappa shape index (κ2) is 4.82. The van der Waals surface area contributed by atoms with Gasteiger partial charge in [-0.1, -0.05) is 12.1 Å². The van der Waals surface area contributed by atoms with Crippen molar-refractivity contribution < 1.29 is 13.2 Å². The molecule has 0 aromatic heterocycles. The molecule has 0 amide bonds. The summed E-state index contributed by atoms with van der Waals surface area (Å²) in [5, 5.41) is 0. The van der Waals surface area contributed by atoms with Crippen LogP contribution in [0.4, 0.5) is 18.9 Å². The van der Waals surface area contributed by atoms with E-state index in [1.165, 1.54) is 24.3 Å². The van der Waals surface area contributed by atoms with Crippen LogP contribution in [0.2, 0.25) is 0 Å². The third-order valence-electron chi connectivity index (χ3n) is 2.16. The van der Waals surface area contributed by atoms with Gasteiger partial charge in [0, 0.05) is 17.8 Å². The lowest BCUT2D eigenvalue weighted by molar-refractivity contribution is 0.582. The highest BCUT2D eigenvalue weighted by molar-refractivity contribution is 5.82. The van der Waals surface area contributed by atoms with Crippen molar-refractivity contribution in [2.24, 2.45) is 4.99 Å². The standard InChI is InChI=1S/C13H8F3N/c14-10-6-5-9(12(16)7-10)8-17-13-4-2-1-3-11(13)15/h1-8H/b17-8+. The van der Waals surface area contributed by atoms with Crippen molar-refractivity contribution >= 4 is 11.9 Å². The molecular formula is C13H8F3N. The van der Waals surface area contributed by atoms with Crippen LogP contribution in [0.5, 0.6) is 0 Å². The molecule has 0 radical (unpaired) electrons. The summed E-state index contributed by atoms with van der Waals surface area (Å²) in [6, 6.07) is 8.99. The van der Waals surface area contributed by atoms with E-state index >= 15 is 0 Å². The summed E-state index contributed by atoms with van der Waals surface area (Å²) in [7, 11) is 0. The molecule has 0 unspecified atom stereocenters. The molecule has 86 valence electrons. The third kappa shape index (κ3) is 2.72. The summed E-state index contributed by atoms with van der Waals surface area (Å²) in [4.78, 5) is 3.80. The second-order valence-electron chi connectivity index (χ2n) is 3.38. The quantitative estimate of drug-likeness (QED) is 0.701. The second-order valence-corrected chi connectivity index (χ2v) is 3.38. The fourth-order valence-corrected chi connectivity index (χ4v) is 1.30. The molecule has 0 bridgehead atoms. The van der Waals surface area contributed by atoms with Crippen molar-refractivity contribution in [1.82, 2.24) is 0 Å². The Kier molecular flexibility index (Phi) is 3.23. The maximum atomic E-state index is 13.2. The van der Waals surface area contributed by atoms with Crippen LogP contribution in [0.3, 0.4) is 0 Å². The molecule has 0 fully saturated rings. The van der Waals surface area contributed by atoms with Gasteiger partial charge in [-0.3, -0.25) is 4.99 Å². The van der Waals surface area contributed by atoms with Crippen LogP contribution in [0, 0.1) is 17.5 Å². The van der Waals surface area contributed by atoms with E-state index in [0.29, 0.717) is 0 Å². The number of benzene rings is 2. The first-order valence-electron chi connectivity index (χ1n) is 4.90. The highest BCUT2D eigenvalue weighted by Gasteiger charge is 2.02. The van der Waals surface area contributed by atoms with Crippen molar-refractivity contribution in [3.63, 3.8) is 0 Å². The third-order valence-corrected chi connectivity index (χ3v) is 2.16. The summed E-state index contributed by atoms with van der Waals surface area (Å²) in [6.45, 7) is 0. The van der Waals surface area contributed by atoms with Crippen LogP contribution in [0.15, 0.2) is 47.5 Å². The van der Waals surface area contributed by atoms with Crippen LogP contribution < -0.4 is 0 Å². The predicted octanol–water partition coefficient (Wildman–Crippen LogP) is 3.85. The van der Waals surface area contributed by atoms with Gasteiger partial charge >= 0.3 is 0 Å². The summed E-state index contributed by atoms with van der Waals surface area (Å²) in [5.74, 6) is -1.89. The molecule has 2 aromatic rings. The van der Waals surface area contributed by atoms with Gasteiger partial charge in [0.05, 0.1) is 5.69 Å². The van der Waals surface area contributed by atoms with Gasteiger partial charge in [-0.2, -0.15) is 0 Å². The van der Waals surface area contributed by atoms with E-state index in [1.54, 1.807) is 6.07 Å². The Hall–Kier alpha value is -2.10. The Balaban J connectivity index is 2.29. The molecule has 0 N–H and O–H groups in total. The Bertz CT molecular complexity index is 564. The van der Waals surface area contributed by atoms with Gasteiger partial charge in [-0.25, -0.2) is 13.2 Å². The molecule has 0 heterocycles. The van der Waals surface area contributed by atoms with Gasteiger partial charge in [0.25, 0.3) is 0 Å². The van der Waals surface area contributed by atoms with Crippen molar-refractivity contribution in [3.05, 3.63) is 65.5 Å². The first kappa shape index (κ1) is 11.4. The topological polar surface area (TPSA) is 12.4 Å². The number of hydrogen-bond acceptors (Lipinski definition) is 1. The zero-order valence-corrected chi connectivity index (χ0v) is 8.70. The minimum absolute atomic E-state index is 0.106. The van der Waals surface area contributed by atoms with Gasteiger partial charge in [0.2, 0.25) is 0 Å². The fraction of sp³-hybridized carbons (Fsp3) is 0. The SMILES string of the molecule is Fc1ccc(/C=N/c2ccccc2F)c(F)c1. The zero-order valence-electron chi connectivity index (χ0n) is 8.70. The van der Waals surface area contributed by atoms with Crippen LogP contribution in [-0.2, 0) is 0 Å². The molecule has 0 saturated carbocycles. The first-order valence-corrected chi connectivity index (χ1v) is 4.90. The highest BCUT2D eigenvalue weighted by atomic mass is 19.1. The molecule has 0 aliphatic rings. The van der Waals surface area contributed by atoms with E-state index in [2.05, 4.69) is 4.99 Å². The monoisotopic (exact) mass is 235 g/mol. The smallest absolute Gasteiger partial charge is 0.148 e. The van der Waals surface area contributed by atoms with Crippen LogP contribution in [0.25, 0.3) is 0 Å². The Labute approximate surface area is 96.2 Å². The van der Waals surface area contributed by atoms with E-state index in [-0.39, 0.29) is 11.3 Å². The van der Waals surface area contributed by atoms with Crippen molar-refractivity contribution in [1.29, 1.82) is 0 Å². The predicted molar refractivity (Wildman–Crippen MR) is 60.0 cm³/mol. The molecule has 17 heavy (non-hydrogen) atoms. The van der Waals surface area contributed by atoms with Gasteiger partial charge < -0.3 is 0 Å². The number of rotatable bonds is 2. The molecule has 0 aliphatic carbocycles. The normalized spacial score (nSPS) is 11.0. The number of aliphatic imine (C=N–C) groups is 1. The van der Waals surface area contributed by atoms with Crippen LogP contribution in [0.1, 0.15) is 5.56 Å². The average Bonchev–Trinajstić information content (AvgIpc) is 2.30. The minimum Gasteiger partial charge on any atom is -0.253 e. The fourth-order valence-electron chi connectivity index (χ4n) is 1.30. The highest BCUT2D eigenvalue weighted by Crippen LogP contribution is 2.16. The zero-order chi connectivity index (χ0) is 12.3. The van der Waals surface area contributed by atoms with Crippen LogP contribution >= 0.6 is 0 Å². The number of para-hydroxylation sites is 1. The van der Waals surface area contributed by atoms with E-state index in [4.69, 9.17) is 0 Å². The lowest BCUT2D eigenvalue weighted by atomic mass is 10.2. The lowest BCUT2D eigenvalue weighted by Gasteiger charge is -1.97. The van der Waals surface area contributed by atoms with Gasteiger partial charge in [0.1, 0.15) is 17.5 Å². The Morgan fingerprint density at radius 3 is 2.35 bits per heavy atom. The molecular weight excluding hydrogens is 227 g/mol. The largest absolute Gasteiger partial charge is 0.253 e. The first-order chi connectivity index (χ1) is 8.16. The molecule has 2 aromatic carbocycles. The Morgan fingerprint density at radius 1 is 0.882 bits per heavy atom. The Morgan fingerprint density at radius 2 is 1.65 bits per heavy atom. The maximum absolute atomic E-state index is 13.2. The summed E-state index contributed by atoms with van der Waals surface area (Å²) < 4.78 is 39.0. The summed E-state index contributed by atoms with van der Waals surface area (Å²) in [5.41, 5.74) is 0.214. The molecule has 0 saturated heterocycles. The van der Waals surface area contributed by atoms with Crippen LogP contribution in [-0.4, -0.2) is 6.21 Å². The number of nitrogens with zero attached hydrogens (tertiary/aromatic N) is 1. The van der Waals surface area contributed by atoms with Gasteiger partial charge in [0.15, 0.2) is 0 Å². The van der Waals surface area contributed by atoms with Crippen molar-refractivity contribution in [2.75, 3.05) is 0 Å². The molecule has 0 atom stereocenters. The van der Waals surface area contributed by atoms with Crippen molar-refractivity contribution in [2.45, 2.75) is 0 Å². The van der Waals surface area contributed by atoms with Gasteiger partial charge in [-0.15, -0.1) is 0 Å². The lowest BCUT2D eigenvalue weighted by Crippen LogP contribution is -1.89. The van der Waals surface area contributed by atoms with E-state index in [0.717, 1.165) is 18.3 Å². The molecule has 0 spiro atoms. The van der Waals surface area contributed by atoms with Crippen molar-refractivity contribution in [3.8, 4) is 0 Å². The summed E-state index contributed by atoms with van der Waals surface area (Å²) in [6.07, 6.45) is 1.16. The molecule has 4 heteroatoms. The number of hydrogen-bond donors (Lipinski definition) is 0. The maximum Gasteiger partial charge on any atom is 0.148 e. The van der Waals surface area contributed by atoms with E-state index < -0.39 is 17.5 Å².